The number of hydrogen-bond donors (Lipinski definition) is 0. The fourth-order valence-corrected chi connectivity index (χ4v) is 2.16. The van der Waals surface area contributed by atoms with Gasteiger partial charge in [-0.1, -0.05) is 34.0 Å². The van der Waals surface area contributed by atoms with Gasteiger partial charge in [0.2, 0.25) is 0 Å². The molecule has 0 radical (unpaired) electrons. The highest BCUT2D eigenvalue weighted by molar-refractivity contribution is 9.10. The third-order valence-corrected chi connectivity index (χ3v) is 3.49. The van der Waals surface area contributed by atoms with Crippen molar-refractivity contribution < 1.29 is 0 Å². The average Bonchev–Trinajstić information content (AvgIpc) is 2.27. The predicted octanol–water partition coefficient (Wildman–Crippen LogP) is 4.07. The largest absolute Gasteiger partial charge is 0.281 e. The number of benzene rings is 1. The van der Waals surface area contributed by atoms with E-state index < -0.39 is 0 Å². The van der Waals surface area contributed by atoms with E-state index in [1.807, 2.05) is 0 Å². The lowest BCUT2D eigenvalue weighted by Crippen LogP contribution is -2.46. The van der Waals surface area contributed by atoms with Crippen molar-refractivity contribution in [2.24, 2.45) is 0 Å². The van der Waals surface area contributed by atoms with E-state index in [0.29, 0.717) is 6.04 Å². The molecule has 2 heteroatoms. The van der Waals surface area contributed by atoms with Crippen LogP contribution < -0.4 is 0 Å². The molecule has 1 nitrogen and oxygen atoms in total. The van der Waals surface area contributed by atoms with Crippen LogP contribution in [0.25, 0.3) is 0 Å². The first-order valence-electron chi connectivity index (χ1n) is 5.86. The second-order valence-corrected chi connectivity index (χ2v) is 5.97. The smallest absolute Gasteiger partial charge is 0.0771 e. The van der Waals surface area contributed by atoms with Gasteiger partial charge in [-0.25, -0.2) is 0 Å². The normalized spacial score (nSPS) is 11.9. The van der Waals surface area contributed by atoms with E-state index in [9.17, 15) is 0 Å². The molecule has 0 aromatic heterocycles. The molecule has 0 saturated heterocycles. The van der Waals surface area contributed by atoms with Crippen molar-refractivity contribution in [2.75, 3.05) is 0 Å². The van der Waals surface area contributed by atoms with Crippen LogP contribution in [0.5, 0.6) is 0 Å². The van der Waals surface area contributed by atoms with Crippen molar-refractivity contribution in [1.29, 1.82) is 0 Å². The molecule has 1 aromatic carbocycles. The SMILES string of the molecule is C#CC(C)(C)N(Cc1ccc(Br)cc1)C(C)C. The maximum atomic E-state index is 5.62. The molecular weight excluding hydrogens is 274 g/mol. The van der Waals surface area contributed by atoms with Crippen molar-refractivity contribution in [3.05, 3.63) is 34.3 Å². The summed E-state index contributed by atoms with van der Waals surface area (Å²) in [5.41, 5.74) is 1.06. The summed E-state index contributed by atoms with van der Waals surface area (Å²) >= 11 is 3.45. The van der Waals surface area contributed by atoms with Gasteiger partial charge in [0, 0.05) is 17.1 Å². The summed E-state index contributed by atoms with van der Waals surface area (Å²) in [6, 6.07) is 8.82. The van der Waals surface area contributed by atoms with E-state index in [-0.39, 0.29) is 5.54 Å². The molecule has 0 heterocycles. The van der Waals surface area contributed by atoms with Crippen LogP contribution >= 0.6 is 15.9 Å². The summed E-state index contributed by atoms with van der Waals surface area (Å²) in [7, 11) is 0. The third kappa shape index (κ3) is 3.87. The second-order valence-electron chi connectivity index (χ2n) is 5.05. The zero-order chi connectivity index (χ0) is 13.1. The summed E-state index contributed by atoms with van der Waals surface area (Å²) < 4.78 is 1.11. The molecule has 1 aromatic rings. The van der Waals surface area contributed by atoms with Crippen LogP contribution in [-0.4, -0.2) is 16.5 Å². The number of terminal acetylenes is 1. The van der Waals surface area contributed by atoms with Gasteiger partial charge >= 0.3 is 0 Å². The minimum absolute atomic E-state index is 0.221. The fourth-order valence-electron chi connectivity index (χ4n) is 1.90. The van der Waals surface area contributed by atoms with Crippen LogP contribution in [0.3, 0.4) is 0 Å². The van der Waals surface area contributed by atoms with Crippen LogP contribution in [0.1, 0.15) is 33.3 Å². The predicted molar refractivity (Wildman–Crippen MR) is 77.7 cm³/mol. The minimum atomic E-state index is -0.221. The Balaban J connectivity index is 2.89. The number of nitrogens with zero attached hydrogens (tertiary/aromatic N) is 1. The van der Waals surface area contributed by atoms with Crippen LogP contribution in [0.15, 0.2) is 28.7 Å². The third-order valence-electron chi connectivity index (χ3n) is 2.96. The molecule has 1 rings (SSSR count). The summed E-state index contributed by atoms with van der Waals surface area (Å²) in [5.74, 6) is 2.87. The van der Waals surface area contributed by atoms with Crippen molar-refractivity contribution in [3.8, 4) is 12.3 Å². The minimum Gasteiger partial charge on any atom is -0.281 e. The topological polar surface area (TPSA) is 3.24 Å². The molecule has 92 valence electrons. The monoisotopic (exact) mass is 293 g/mol. The van der Waals surface area contributed by atoms with Gasteiger partial charge in [-0.2, -0.15) is 0 Å². The molecular formula is C15H20BrN. The maximum absolute atomic E-state index is 5.62. The highest BCUT2D eigenvalue weighted by Crippen LogP contribution is 2.21. The Kier molecular flexibility index (Phi) is 4.80. The van der Waals surface area contributed by atoms with Gasteiger partial charge in [-0.15, -0.1) is 6.42 Å². The highest BCUT2D eigenvalue weighted by atomic mass is 79.9. The summed E-state index contributed by atoms with van der Waals surface area (Å²) in [6.07, 6.45) is 5.62. The van der Waals surface area contributed by atoms with E-state index in [2.05, 4.69) is 78.7 Å². The molecule has 0 N–H and O–H groups in total. The van der Waals surface area contributed by atoms with E-state index in [4.69, 9.17) is 6.42 Å². The fraction of sp³-hybridized carbons (Fsp3) is 0.467. The summed E-state index contributed by atoms with van der Waals surface area (Å²) in [5, 5.41) is 0. The number of hydrogen-bond acceptors (Lipinski definition) is 1. The van der Waals surface area contributed by atoms with E-state index in [1.165, 1.54) is 5.56 Å². The molecule has 0 spiro atoms. The van der Waals surface area contributed by atoms with Gasteiger partial charge in [0.15, 0.2) is 0 Å². The quantitative estimate of drug-likeness (QED) is 0.757. The zero-order valence-corrected chi connectivity index (χ0v) is 12.6. The van der Waals surface area contributed by atoms with Crippen LogP contribution in [0.2, 0.25) is 0 Å². The maximum Gasteiger partial charge on any atom is 0.0771 e. The van der Waals surface area contributed by atoms with Crippen molar-refractivity contribution in [2.45, 2.75) is 45.8 Å². The molecule has 0 aliphatic heterocycles. The van der Waals surface area contributed by atoms with Gasteiger partial charge in [0.05, 0.1) is 5.54 Å². The highest BCUT2D eigenvalue weighted by Gasteiger charge is 2.26. The second kappa shape index (κ2) is 5.71. The Hall–Kier alpha value is -0.780. The number of rotatable bonds is 4. The molecule has 0 unspecified atom stereocenters. The van der Waals surface area contributed by atoms with E-state index in [1.54, 1.807) is 0 Å². The molecule has 0 saturated carbocycles. The van der Waals surface area contributed by atoms with Gasteiger partial charge in [-0.05, 0) is 45.4 Å². The Labute approximate surface area is 113 Å². The Morgan fingerprint density at radius 1 is 1.29 bits per heavy atom. The lowest BCUT2D eigenvalue weighted by Gasteiger charge is -2.38. The van der Waals surface area contributed by atoms with E-state index >= 15 is 0 Å². The molecule has 0 bridgehead atoms. The standard InChI is InChI=1S/C15H20BrN/c1-6-15(4,5)17(12(2)3)11-13-7-9-14(16)10-8-13/h1,7-10,12H,11H2,2-5H3. The van der Waals surface area contributed by atoms with Crippen LogP contribution in [-0.2, 0) is 6.54 Å². The van der Waals surface area contributed by atoms with Crippen molar-refractivity contribution >= 4 is 15.9 Å². The molecule has 0 aliphatic carbocycles. The summed E-state index contributed by atoms with van der Waals surface area (Å²) in [4.78, 5) is 2.33. The lowest BCUT2D eigenvalue weighted by atomic mass is 10.0. The van der Waals surface area contributed by atoms with Crippen LogP contribution in [0.4, 0.5) is 0 Å². The van der Waals surface area contributed by atoms with Crippen molar-refractivity contribution in [1.82, 2.24) is 4.90 Å². The summed E-state index contributed by atoms with van der Waals surface area (Å²) in [6.45, 7) is 9.41. The first kappa shape index (κ1) is 14.3. The Morgan fingerprint density at radius 2 is 1.82 bits per heavy atom. The Morgan fingerprint density at radius 3 is 2.24 bits per heavy atom. The average molecular weight is 294 g/mol. The Bertz CT molecular complexity index is 398. The van der Waals surface area contributed by atoms with Gasteiger partial charge in [0.1, 0.15) is 0 Å². The van der Waals surface area contributed by atoms with Crippen LogP contribution in [0, 0.1) is 12.3 Å². The van der Waals surface area contributed by atoms with E-state index in [0.717, 1.165) is 11.0 Å². The molecule has 0 fully saturated rings. The lowest BCUT2D eigenvalue weighted by molar-refractivity contribution is 0.119. The molecule has 17 heavy (non-hydrogen) atoms. The number of halogens is 1. The first-order valence-corrected chi connectivity index (χ1v) is 6.65. The molecule has 0 amide bonds. The van der Waals surface area contributed by atoms with Gasteiger partial charge in [0.25, 0.3) is 0 Å². The molecule has 0 aliphatic rings. The first-order chi connectivity index (χ1) is 7.86. The zero-order valence-electron chi connectivity index (χ0n) is 11.0. The molecule has 0 atom stereocenters. The van der Waals surface area contributed by atoms with Gasteiger partial charge in [-0.3, -0.25) is 4.90 Å². The van der Waals surface area contributed by atoms with Crippen molar-refractivity contribution in [3.63, 3.8) is 0 Å². The van der Waals surface area contributed by atoms with Gasteiger partial charge < -0.3 is 0 Å².